The lowest BCUT2D eigenvalue weighted by atomic mass is 10.0. The lowest BCUT2D eigenvalue weighted by Crippen LogP contribution is -2.46. The molecular formula is C28H30F2N6O3S. The Morgan fingerprint density at radius 3 is 2.40 bits per heavy atom. The van der Waals surface area contributed by atoms with E-state index in [1.165, 1.54) is 48.7 Å². The quantitative estimate of drug-likeness (QED) is 0.354. The number of hydrogen-bond donors (Lipinski definition) is 3. The Labute approximate surface area is 236 Å². The monoisotopic (exact) mass is 568 g/mol. The SMILES string of the molecule is CN(C)C1CCN(C(=O)Nc2cc(Oc3ccc(NC(=S)NC(=O)Cc4ccc(F)cc4)c(F)c3)ccn2)CC1. The second kappa shape index (κ2) is 13.3. The number of carbonyl (C=O) groups is 2. The van der Waals surface area contributed by atoms with Crippen LogP contribution in [-0.2, 0) is 11.2 Å². The van der Waals surface area contributed by atoms with E-state index < -0.39 is 17.5 Å². The summed E-state index contributed by atoms with van der Waals surface area (Å²) in [5.74, 6) is -0.590. The Hall–Kier alpha value is -4.16. The van der Waals surface area contributed by atoms with Gasteiger partial charge in [-0.2, -0.15) is 0 Å². The van der Waals surface area contributed by atoms with Crippen LogP contribution in [0, 0.1) is 11.6 Å². The zero-order valence-electron chi connectivity index (χ0n) is 22.1. The standard InChI is InChI=1S/C28H30F2N6O3S/c1-35(2)20-10-13-36(14-11-20)28(38)33-25-17-22(9-12-31-25)39-21-7-8-24(23(30)16-21)32-27(40)34-26(37)15-18-3-5-19(29)6-4-18/h3-9,12,16-17,20H,10-11,13-15H2,1-2H3,(H,31,33,38)(H2,32,34,37,40). The van der Waals surface area contributed by atoms with Crippen molar-refractivity contribution < 1.29 is 23.1 Å². The van der Waals surface area contributed by atoms with Crippen molar-refractivity contribution in [3.63, 3.8) is 0 Å². The van der Waals surface area contributed by atoms with Crippen molar-refractivity contribution >= 4 is 40.8 Å². The van der Waals surface area contributed by atoms with Crippen LogP contribution < -0.4 is 20.7 Å². The van der Waals surface area contributed by atoms with Gasteiger partial charge in [-0.3, -0.25) is 10.1 Å². The van der Waals surface area contributed by atoms with Crippen LogP contribution in [0.5, 0.6) is 11.5 Å². The molecule has 0 spiro atoms. The lowest BCUT2D eigenvalue weighted by Gasteiger charge is -2.35. The number of hydrogen-bond acceptors (Lipinski definition) is 6. The van der Waals surface area contributed by atoms with Crippen LogP contribution >= 0.6 is 12.2 Å². The first kappa shape index (κ1) is 28.8. The van der Waals surface area contributed by atoms with Crippen LogP contribution in [0.2, 0.25) is 0 Å². The molecule has 2 aromatic carbocycles. The van der Waals surface area contributed by atoms with Crippen molar-refractivity contribution in [1.29, 1.82) is 0 Å². The molecular weight excluding hydrogens is 538 g/mol. The lowest BCUT2D eigenvalue weighted by molar-refractivity contribution is -0.119. The summed E-state index contributed by atoms with van der Waals surface area (Å²) < 4.78 is 33.5. The molecule has 12 heteroatoms. The summed E-state index contributed by atoms with van der Waals surface area (Å²) in [7, 11) is 4.08. The molecule has 3 amide bonds. The number of nitrogens with one attached hydrogen (secondary N) is 3. The Bertz CT molecular complexity index is 1360. The number of thiocarbonyl (C=S) groups is 1. The molecule has 0 aliphatic carbocycles. The fourth-order valence-electron chi connectivity index (χ4n) is 4.23. The van der Waals surface area contributed by atoms with Gasteiger partial charge in [-0.05, 0) is 75.1 Å². The van der Waals surface area contributed by atoms with Gasteiger partial charge in [-0.15, -0.1) is 0 Å². The molecule has 9 nitrogen and oxygen atoms in total. The first-order valence-electron chi connectivity index (χ1n) is 12.7. The molecule has 0 radical (unpaired) electrons. The number of benzene rings is 2. The number of halogens is 2. The highest BCUT2D eigenvalue weighted by Crippen LogP contribution is 2.27. The number of piperidine rings is 1. The number of rotatable bonds is 7. The molecule has 210 valence electrons. The van der Waals surface area contributed by atoms with Crippen molar-refractivity contribution in [3.8, 4) is 11.5 Å². The normalized spacial score (nSPS) is 13.6. The molecule has 1 aliphatic rings. The molecule has 3 N–H and O–H groups in total. The van der Waals surface area contributed by atoms with Gasteiger partial charge < -0.3 is 25.2 Å². The Kier molecular flexibility index (Phi) is 9.56. The molecule has 0 unspecified atom stereocenters. The van der Waals surface area contributed by atoms with E-state index in [2.05, 4.69) is 25.8 Å². The zero-order valence-corrected chi connectivity index (χ0v) is 22.9. The van der Waals surface area contributed by atoms with Crippen molar-refractivity contribution in [2.45, 2.75) is 25.3 Å². The highest BCUT2D eigenvalue weighted by atomic mass is 32.1. The van der Waals surface area contributed by atoms with Crippen molar-refractivity contribution in [2.75, 3.05) is 37.8 Å². The van der Waals surface area contributed by atoms with Crippen LogP contribution in [0.3, 0.4) is 0 Å². The number of anilines is 2. The first-order valence-corrected chi connectivity index (χ1v) is 13.1. The van der Waals surface area contributed by atoms with Gasteiger partial charge in [-0.1, -0.05) is 12.1 Å². The second-order valence-electron chi connectivity index (χ2n) is 9.54. The van der Waals surface area contributed by atoms with Crippen LogP contribution in [0.25, 0.3) is 0 Å². The third kappa shape index (κ3) is 8.17. The van der Waals surface area contributed by atoms with Crippen LogP contribution in [0.1, 0.15) is 18.4 Å². The van der Waals surface area contributed by atoms with E-state index in [4.69, 9.17) is 17.0 Å². The molecule has 3 aromatic rings. The number of carbonyl (C=O) groups excluding carboxylic acids is 2. The highest BCUT2D eigenvalue weighted by Gasteiger charge is 2.24. The number of urea groups is 1. The van der Waals surface area contributed by atoms with Crippen LogP contribution in [-0.4, -0.2) is 65.1 Å². The third-order valence-corrected chi connectivity index (χ3v) is 6.61. The number of nitrogens with zero attached hydrogens (tertiary/aromatic N) is 3. The summed E-state index contributed by atoms with van der Waals surface area (Å²) >= 11 is 5.11. The smallest absolute Gasteiger partial charge is 0.323 e. The topological polar surface area (TPSA) is 98.8 Å². The van der Waals surface area contributed by atoms with Gasteiger partial charge in [0.2, 0.25) is 5.91 Å². The minimum Gasteiger partial charge on any atom is -0.457 e. The number of pyridine rings is 1. The maximum absolute atomic E-state index is 14.7. The van der Waals surface area contributed by atoms with E-state index in [0.29, 0.717) is 36.3 Å². The van der Waals surface area contributed by atoms with E-state index in [-0.39, 0.29) is 29.0 Å². The molecule has 0 saturated carbocycles. The Balaban J connectivity index is 1.29. The summed E-state index contributed by atoms with van der Waals surface area (Å²) in [6, 6.07) is 13.0. The van der Waals surface area contributed by atoms with Gasteiger partial charge in [0.05, 0.1) is 12.1 Å². The van der Waals surface area contributed by atoms with Crippen LogP contribution in [0.15, 0.2) is 60.8 Å². The number of ether oxygens (including phenoxy) is 1. The van der Waals surface area contributed by atoms with Gasteiger partial charge in [0, 0.05) is 37.5 Å². The third-order valence-electron chi connectivity index (χ3n) is 6.40. The zero-order chi connectivity index (χ0) is 28.6. The minimum absolute atomic E-state index is 0.0132. The Morgan fingerprint density at radius 2 is 1.73 bits per heavy atom. The van der Waals surface area contributed by atoms with Gasteiger partial charge >= 0.3 is 6.03 Å². The van der Waals surface area contributed by atoms with Crippen LogP contribution in [0.4, 0.5) is 25.1 Å². The van der Waals surface area contributed by atoms with Gasteiger partial charge in [-0.25, -0.2) is 18.6 Å². The van der Waals surface area contributed by atoms with Gasteiger partial charge in [0.1, 0.15) is 29.0 Å². The van der Waals surface area contributed by atoms with E-state index in [0.717, 1.165) is 12.8 Å². The summed E-state index contributed by atoms with van der Waals surface area (Å²) in [5.41, 5.74) is 0.651. The molecule has 2 heterocycles. The molecule has 1 fully saturated rings. The van der Waals surface area contributed by atoms with E-state index in [1.807, 2.05) is 14.1 Å². The van der Waals surface area contributed by atoms with Crippen molar-refractivity contribution in [1.82, 2.24) is 20.1 Å². The van der Waals surface area contributed by atoms with E-state index in [1.54, 1.807) is 17.0 Å². The fraction of sp³-hybridized carbons (Fsp3) is 0.286. The van der Waals surface area contributed by atoms with Gasteiger partial charge in [0.15, 0.2) is 5.11 Å². The molecule has 1 aromatic heterocycles. The fourth-order valence-corrected chi connectivity index (χ4v) is 4.45. The largest absolute Gasteiger partial charge is 0.457 e. The van der Waals surface area contributed by atoms with E-state index >= 15 is 0 Å². The summed E-state index contributed by atoms with van der Waals surface area (Å²) in [5, 5.41) is 7.82. The number of likely N-dealkylation sites (tertiary alicyclic amines) is 1. The summed E-state index contributed by atoms with van der Waals surface area (Å²) in [4.78, 5) is 33.0. The maximum atomic E-state index is 14.7. The molecule has 1 saturated heterocycles. The van der Waals surface area contributed by atoms with Crippen molar-refractivity contribution in [3.05, 3.63) is 78.0 Å². The number of aromatic nitrogens is 1. The van der Waals surface area contributed by atoms with E-state index in [9.17, 15) is 18.4 Å². The van der Waals surface area contributed by atoms with Gasteiger partial charge in [0.25, 0.3) is 0 Å². The second-order valence-corrected chi connectivity index (χ2v) is 9.95. The Morgan fingerprint density at radius 1 is 1.02 bits per heavy atom. The average molecular weight is 569 g/mol. The summed E-state index contributed by atoms with van der Waals surface area (Å²) in [6.45, 7) is 1.32. The first-order chi connectivity index (χ1) is 19.2. The minimum atomic E-state index is -0.656. The molecule has 0 bridgehead atoms. The average Bonchev–Trinajstić information content (AvgIpc) is 2.91. The molecule has 4 rings (SSSR count). The predicted octanol–water partition coefficient (Wildman–Crippen LogP) is 4.77. The number of amides is 3. The molecule has 0 atom stereocenters. The summed E-state index contributed by atoms with van der Waals surface area (Å²) in [6.07, 6.45) is 3.28. The molecule has 1 aliphatic heterocycles. The molecule has 40 heavy (non-hydrogen) atoms. The van der Waals surface area contributed by atoms with Crippen molar-refractivity contribution in [2.24, 2.45) is 0 Å². The maximum Gasteiger partial charge on any atom is 0.323 e. The predicted molar refractivity (Wildman–Crippen MR) is 152 cm³/mol. The highest BCUT2D eigenvalue weighted by molar-refractivity contribution is 7.80.